The maximum atomic E-state index is 2.52. The minimum Gasteiger partial charge on any atom is -0.371 e. The van der Waals surface area contributed by atoms with Gasteiger partial charge in [-0.3, -0.25) is 0 Å². The van der Waals surface area contributed by atoms with Crippen LogP contribution in [0, 0.1) is 6.92 Å². The maximum absolute atomic E-state index is 2.52. The van der Waals surface area contributed by atoms with Gasteiger partial charge in [-0.2, -0.15) is 0 Å². The van der Waals surface area contributed by atoms with Gasteiger partial charge in [0.2, 0.25) is 0 Å². The van der Waals surface area contributed by atoms with Crippen molar-refractivity contribution in [2.45, 2.75) is 19.8 Å². The third kappa shape index (κ3) is 2.77. The highest BCUT2D eigenvalue weighted by atomic mass is 15.1. The molecule has 0 spiro atoms. The highest BCUT2D eigenvalue weighted by Crippen LogP contribution is 2.28. The first kappa shape index (κ1) is 13.0. The van der Waals surface area contributed by atoms with E-state index < -0.39 is 0 Å². The Kier molecular flexibility index (Phi) is 3.87. The van der Waals surface area contributed by atoms with Crippen molar-refractivity contribution in [3.8, 4) is 0 Å². The molecule has 2 aromatic rings. The monoisotopic (exact) mass is 263 g/mol. The third-order valence-electron chi connectivity index (χ3n) is 3.97. The van der Waals surface area contributed by atoms with Gasteiger partial charge in [-0.25, -0.2) is 0 Å². The number of rotatable bonds is 3. The van der Waals surface area contributed by atoms with Crippen LogP contribution in [0.5, 0.6) is 0 Å². The van der Waals surface area contributed by atoms with Crippen LogP contribution in [0.25, 0.3) is 11.8 Å². The molecule has 0 radical (unpaired) electrons. The summed E-state index contributed by atoms with van der Waals surface area (Å²) in [6.07, 6.45) is 4.93. The van der Waals surface area contributed by atoms with Gasteiger partial charge >= 0.3 is 0 Å². The molecule has 3 rings (SSSR count). The largest absolute Gasteiger partial charge is 0.371 e. The topological polar surface area (TPSA) is 3.24 Å². The molecule has 0 N–H and O–H groups in total. The molecule has 1 saturated heterocycles. The molecule has 0 atom stereocenters. The molecule has 0 saturated carbocycles. The van der Waals surface area contributed by atoms with Crippen LogP contribution in [0.15, 0.2) is 54.6 Å². The van der Waals surface area contributed by atoms with E-state index in [1.165, 1.54) is 48.3 Å². The average molecular weight is 263 g/mol. The second-order valence-corrected chi connectivity index (χ2v) is 5.45. The minimum atomic E-state index is 1.17. The van der Waals surface area contributed by atoms with Gasteiger partial charge in [-0.05, 0) is 37.0 Å². The van der Waals surface area contributed by atoms with Gasteiger partial charge < -0.3 is 4.90 Å². The van der Waals surface area contributed by atoms with Crippen LogP contribution in [-0.2, 0) is 0 Å². The van der Waals surface area contributed by atoms with E-state index in [1.54, 1.807) is 0 Å². The van der Waals surface area contributed by atoms with E-state index in [0.29, 0.717) is 0 Å². The van der Waals surface area contributed by atoms with E-state index in [1.807, 2.05) is 0 Å². The standard InChI is InChI=1S/C19H21N/c1-16-9-5-6-12-18(16)19(20-13-7-8-14-20)15-17-10-3-2-4-11-17/h2-6,9-12,15H,7-8,13-14H2,1H3/b19-15-. The number of hydrogen-bond acceptors (Lipinski definition) is 1. The average Bonchev–Trinajstić information content (AvgIpc) is 3.01. The van der Waals surface area contributed by atoms with E-state index in [-0.39, 0.29) is 0 Å². The van der Waals surface area contributed by atoms with Crippen molar-refractivity contribution < 1.29 is 0 Å². The molecule has 1 aliphatic heterocycles. The SMILES string of the molecule is Cc1ccccc1/C(=C/c1ccccc1)N1CCCC1. The van der Waals surface area contributed by atoms with Gasteiger partial charge in [0.25, 0.3) is 0 Å². The molecular formula is C19H21N. The first-order chi connectivity index (χ1) is 9.84. The van der Waals surface area contributed by atoms with E-state index >= 15 is 0 Å². The number of likely N-dealkylation sites (tertiary alicyclic amines) is 1. The Labute approximate surface area is 121 Å². The molecular weight excluding hydrogens is 242 g/mol. The fourth-order valence-corrected chi connectivity index (χ4v) is 2.86. The lowest BCUT2D eigenvalue weighted by atomic mass is 10.0. The van der Waals surface area contributed by atoms with Gasteiger partial charge in [0.15, 0.2) is 0 Å². The molecule has 20 heavy (non-hydrogen) atoms. The van der Waals surface area contributed by atoms with Gasteiger partial charge in [0.05, 0.1) is 0 Å². The second-order valence-electron chi connectivity index (χ2n) is 5.45. The number of nitrogens with zero attached hydrogens (tertiary/aromatic N) is 1. The molecule has 0 aromatic heterocycles. The Morgan fingerprint density at radius 2 is 1.55 bits per heavy atom. The van der Waals surface area contributed by atoms with Crippen LogP contribution in [-0.4, -0.2) is 18.0 Å². The zero-order chi connectivity index (χ0) is 13.8. The van der Waals surface area contributed by atoms with Gasteiger partial charge in [0.1, 0.15) is 0 Å². The smallest absolute Gasteiger partial charge is 0.0448 e. The summed E-state index contributed by atoms with van der Waals surface area (Å²) in [4.78, 5) is 2.52. The molecule has 0 unspecified atom stereocenters. The van der Waals surface area contributed by atoms with Crippen molar-refractivity contribution in [2.75, 3.05) is 13.1 Å². The summed E-state index contributed by atoms with van der Waals surface area (Å²) >= 11 is 0. The predicted molar refractivity (Wildman–Crippen MR) is 86.3 cm³/mol. The lowest BCUT2D eigenvalue weighted by Gasteiger charge is -2.23. The van der Waals surface area contributed by atoms with Crippen LogP contribution < -0.4 is 0 Å². The van der Waals surface area contributed by atoms with E-state index in [0.717, 1.165) is 0 Å². The second kappa shape index (κ2) is 5.96. The summed E-state index contributed by atoms with van der Waals surface area (Å²) in [6.45, 7) is 4.55. The van der Waals surface area contributed by atoms with Gasteiger partial charge in [-0.1, -0.05) is 54.6 Å². The summed E-state index contributed by atoms with van der Waals surface area (Å²) in [6, 6.07) is 19.3. The fourth-order valence-electron chi connectivity index (χ4n) is 2.86. The summed E-state index contributed by atoms with van der Waals surface area (Å²) in [5.41, 5.74) is 5.35. The molecule has 1 heterocycles. The van der Waals surface area contributed by atoms with Crippen molar-refractivity contribution in [3.63, 3.8) is 0 Å². The lowest BCUT2D eigenvalue weighted by molar-refractivity contribution is 0.495. The molecule has 1 aliphatic rings. The zero-order valence-electron chi connectivity index (χ0n) is 12.0. The van der Waals surface area contributed by atoms with Crippen LogP contribution >= 0.6 is 0 Å². The zero-order valence-corrected chi connectivity index (χ0v) is 12.0. The third-order valence-corrected chi connectivity index (χ3v) is 3.97. The predicted octanol–water partition coefficient (Wildman–Crippen LogP) is 4.59. The Balaban J connectivity index is 2.04. The molecule has 102 valence electrons. The fraction of sp³-hybridized carbons (Fsp3) is 0.263. The van der Waals surface area contributed by atoms with Crippen molar-refractivity contribution >= 4 is 11.8 Å². The molecule has 0 amide bonds. The normalized spacial score (nSPS) is 15.7. The summed E-state index contributed by atoms with van der Waals surface area (Å²) < 4.78 is 0. The Bertz CT molecular complexity index is 592. The quantitative estimate of drug-likeness (QED) is 0.732. The van der Waals surface area contributed by atoms with Crippen molar-refractivity contribution in [2.24, 2.45) is 0 Å². The number of benzene rings is 2. The Morgan fingerprint density at radius 1 is 0.900 bits per heavy atom. The van der Waals surface area contributed by atoms with Crippen molar-refractivity contribution in [1.82, 2.24) is 4.90 Å². The van der Waals surface area contributed by atoms with Crippen molar-refractivity contribution in [3.05, 3.63) is 71.3 Å². The van der Waals surface area contributed by atoms with Crippen LogP contribution in [0.4, 0.5) is 0 Å². The molecule has 1 heteroatoms. The first-order valence-corrected chi connectivity index (χ1v) is 7.42. The molecule has 1 nitrogen and oxygen atoms in total. The first-order valence-electron chi connectivity index (χ1n) is 7.42. The van der Waals surface area contributed by atoms with Crippen molar-refractivity contribution in [1.29, 1.82) is 0 Å². The van der Waals surface area contributed by atoms with Crippen LogP contribution in [0.1, 0.15) is 29.5 Å². The van der Waals surface area contributed by atoms with E-state index in [2.05, 4.69) is 72.5 Å². The van der Waals surface area contributed by atoms with E-state index in [9.17, 15) is 0 Å². The van der Waals surface area contributed by atoms with Gasteiger partial charge in [-0.15, -0.1) is 0 Å². The highest BCUT2D eigenvalue weighted by molar-refractivity contribution is 5.81. The number of aryl methyl sites for hydroxylation is 1. The van der Waals surface area contributed by atoms with Crippen LogP contribution in [0.3, 0.4) is 0 Å². The summed E-state index contributed by atoms with van der Waals surface area (Å²) in [7, 11) is 0. The molecule has 1 fully saturated rings. The molecule has 2 aromatic carbocycles. The summed E-state index contributed by atoms with van der Waals surface area (Å²) in [5.74, 6) is 0. The van der Waals surface area contributed by atoms with Crippen LogP contribution in [0.2, 0.25) is 0 Å². The number of hydrogen-bond donors (Lipinski definition) is 0. The maximum Gasteiger partial charge on any atom is 0.0448 e. The van der Waals surface area contributed by atoms with E-state index in [4.69, 9.17) is 0 Å². The lowest BCUT2D eigenvalue weighted by Crippen LogP contribution is -2.18. The van der Waals surface area contributed by atoms with Gasteiger partial charge in [0, 0.05) is 24.4 Å². The highest BCUT2D eigenvalue weighted by Gasteiger charge is 2.17. The Morgan fingerprint density at radius 3 is 2.25 bits per heavy atom. The Hall–Kier alpha value is -2.02. The summed E-state index contributed by atoms with van der Waals surface area (Å²) in [5, 5.41) is 0. The molecule has 0 aliphatic carbocycles. The minimum absolute atomic E-state index is 1.17. The molecule has 0 bridgehead atoms.